The Bertz CT molecular complexity index is 630. The molecule has 0 spiro atoms. The van der Waals surface area contributed by atoms with Crippen LogP contribution >= 0.6 is 0 Å². The quantitative estimate of drug-likeness (QED) is 0.858. The maximum absolute atomic E-state index is 12.5. The van der Waals surface area contributed by atoms with E-state index in [9.17, 15) is 13.2 Å². The van der Waals surface area contributed by atoms with Crippen molar-refractivity contribution in [2.45, 2.75) is 38.1 Å². The number of hydrogen-bond donors (Lipinski definition) is 0. The summed E-state index contributed by atoms with van der Waals surface area (Å²) >= 11 is 0. The van der Waals surface area contributed by atoms with Crippen molar-refractivity contribution in [2.24, 2.45) is 0 Å². The second-order valence-corrected chi connectivity index (χ2v) is 5.53. The van der Waals surface area contributed by atoms with E-state index in [-0.39, 0.29) is 11.7 Å². The van der Waals surface area contributed by atoms with Crippen molar-refractivity contribution >= 4 is 0 Å². The number of imidazole rings is 1. The number of hydrogen-bond acceptors (Lipinski definition) is 2. The van der Waals surface area contributed by atoms with E-state index >= 15 is 0 Å². The average molecular weight is 310 g/mol. The summed E-state index contributed by atoms with van der Waals surface area (Å²) in [6, 6.07) is 6.47. The summed E-state index contributed by atoms with van der Waals surface area (Å²) in [4.78, 5) is 4.29. The van der Waals surface area contributed by atoms with E-state index in [1.807, 2.05) is 10.8 Å². The third kappa shape index (κ3) is 3.68. The first-order chi connectivity index (χ1) is 10.5. The van der Waals surface area contributed by atoms with Gasteiger partial charge in [-0.15, -0.1) is 0 Å². The molecule has 2 heterocycles. The second kappa shape index (κ2) is 6.12. The highest BCUT2D eigenvalue weighted by molar-refractivity contribution is 5.56. The lowest BCUT2D eigenvalue weighted by molar-refractivity contribution is -0.127. The molecule has 1 atom stereocenters. The Hall–Kier alpha value is -1.82. The summed E-state index contributed by atoms with van der Waals surface area (Å²) in [6.07, 6.45) is 0.598. The molecule has 1 saturated heterocycles. The molecule has 1 aromatic carbocycles. The fourth-order valence-electron chi connectivity index (χ4n) is 2.78. The summed E-state index contributed by atoms with van der Waals surface area (Å²) in [7, 11) is 0. The maximum Gasteiger partial charge on any atom is 0.393 e. The standard InChI is InChI=1S/C16H17F3N2O/c17-16(18,19)10-12-3-1-4-13(9-12)15-20-6-7-21(15)11-14-5-2-8-22-14/h1,3-4,6-7,9,14H,2,5,8,10-11H2. The van der Waals surface area contributed by atoms with E-state index in [1.54, 1.807) is 24.4 Å². The zero-order chi connectivity index (χ0) is 15.6. The number of ether oxygens (including phenoxy) is 1. The van der Waals surface area contributed by atoms with Gasteiger partial charge in [0.05, 0.1) is 19.1 Å². The predicted molar refractivity (Wildman–Crippen MR) is 76.4 cm³/mol. The molecule has 0 N–H and O–H groups in total. The van der Waals surface area contributed by atoms with Crippen LogP contribution in [0.4, 0.5) is 13.2 Å². The first kappa shape index (κ1) is 15.1. The van der Waals surface area contributed by atoms with E-state index in [0.29, 0.717) is 17.9 Å². The summed E-state index contributed by atoms with van der Waals surface area (Å²) < 4.78 is 45.1. The van der Waals surface area contributed by atoms with Crippen molar-refractivity contribution in [1.29, 1.82) is 0 Å². The Balaban J connectivity index is 1.82. The van der Waals surface area contributed by atoms with Gasteiger partial charge in [-0.2, -0.15) is 13.2 Å². The maximum atomic E-state index is 12.5. The van der Waals surface area contributed by atoms with Crippen LogP contribution in [0.5, 0.6) is 0 Å². The van der Waals surface area contributed by atoms with Gasteiger partial charge in [-0.05, 0) is 24.5 Å². The normalized spacial score (nSPS) is 18.8. The molecule has 3 rings (SSSR count). The third-order valence-electron chi connectivity index (χ3n) is 3.73. The van der Waals surface area contributed by atoms with Crippen LogP contribution in [-0.2, 0) is 17.7 Å². The molecule has 22 heavy (non-hydrogen) atoms. The van der Waals surface area contributed by atoms with E-state index in [4.69, 9.17) is 4.74 Å². The molecule has 2 aromatic rings. The first-order valence-corrected chi connectivity index (χ1v) is 7.30. The second-order valence-electron chi connectivity index (χ2n) is 5.53. The SMILES string of the molecule is FC(F)(F)Cc1cccc(-c2nccn2CC2CCCO2)c1. The summed E-state index contributed by atoms with van der Waals surface area (Å²) in [5.41, 5.74) is 0.946. The molecule has 0 amide bonds. The zero-order valence-corrected chi connectivity index (χ0v) is 12.0. The number of alkyl halides is 3. The van der Waals surface area contributed by atoms with Crippen molar-refractivity contribution in [3.63, 3.8) is 0 Å². The van der Waals surface area contributed by atoms with Gasteiger partial charge in [-0.1, -0.05) is 18.2 Å². The van der Waals surface area contributed by atoms with Gasteiger partial charge in [-0.25, -0.2) is 4.98 Å². The molecule has 0 saturated carbocycles. The lowest BCUT2D eigenvalue weighted by Gasteiger charge is -2.14. The number of aromatic nitrogens is 2. The first-order valence-electron chi connectivity index (χ1n) is 7.30. The van der Waals surface area contributed by atoms with Crippen LogP contribution in [0, 0.1) is 0 Å². The van der Waals surface area contributed by atoms with Crippen LogP contribution in [0.25, 0.3) is 11.4 Å². The molecule has 0 aliphatic carbocycles. The van der Waals surface area contributed by atoms with Crippen molar-refractivity contribution < 1.29 is 17.9 Å². The van der Waals surface area contributed by atoms with Crippen LogP contribution < -0.4 is 0 Å². The molecular formula is C16H17F3N2O. The molecule has 1 aliphatic heterocycles. The Morgan fingerprint density at radius 2 is 2.18 bits per heavy atom. The van der Waals surface area contributed by atoms with E-state index in [0.717, 1.165) is 19.4 Å². The van der Waals surface area contributed by atoms with Crippen molar-refractivity contribution in [1.82, 2.24) is 9.55 Å². The molecule has 1 unspecified atom stereocenters. The van der Waals surface area contributed by atoms with Crippen LogP contribution in [0.3, 0.4) is 0 Å². The molecule has 3 nitrogen and oxygen atoms in total. The molecule has 6 heteroatoms. The van der Waals surface area contributed by atoms with Crippen LogP contribution in [0.1, 0.15) is 18.4 Å². The summed E-state index contributed by atoms with van der Waals surface area (Å²) in [5, 5.41) is 0. The zero-order valence-electron chi connectivity index (χ0n) is 12.0. The van der Waals surface area contributed by atoms with Crippen molar-refractivity contribution in [3.8, 4) is 11.4 Å². The van der Waals surface area contributed by atoms with Gasteiger partial charge < -0.3 is 9.30 Å². The topological polar surface area (TPSA) is 27.1 Å². The van der Waals surface area contributed by atoms with Crippen LogP contribution in [0.2, 0.25) is 0 Å². The third-order valence-corrected chi connectivity index (χ3v) is 3.73. The highest BCUT2D eigenvalue weighted by Gasteiger charge is 2.27. The summed E-state index contributed by atoms with van der Waals surface area (Å²) in [5.74, 6) is 0.680. The van der Waals surface area contributed by atoms with E-state index in [1.165, 1.54) is 6.07 Å². The Kier molecular flexibility index (Phi) is 4.20. The minimum absolute atomic E-state index is 0.159. The fraction of sp³-hybridized carbons (Fsp3) is 0.438. The molecular weight excluding hydrogens is 293 g/mol. The van der Waals surface area contributed by atoms with Gasteiger partial charge in [0.15, 0.2) is 0 Å². The Morgan fingerprint density at radius 1 is 1.32 bits per heavy atom. The van der Waals surface area contributed by atoms with Gasteiger partial charge in [-0.3, -0.25) is 0 Å². The van der Waals surface area contributed by atoms with Gasteiger partial charge in [0, 0.05) is 24.6 Å². The van der Waals surface area contributed by atoms with Crippen LogP contribution in [0.15, 0.2) is 36.7 Å². The van der Waals surface area contributed by atoms with Gasteiger partial charge in [0.1, 0.15) is 5.82 Å². The molecule has 1 aliphatic rings. The Morgan fingerprint density at radius 3 is 2.91 bits per heavy atom. The fourth-order valence-corrected chi connectivity index (χ4v) is 2.78. The van der Waals surface area contributed by atoms with Crippen LogP contribution in [-0.4, -0.2) is 28.4 Å². The van der Waals surface area contributed by atoms with Gasteiger partial charge >= 0.3 is 6.18 Å². The Labute approximate surface area is 126 Å². The van der Waals surface area contributed by atoms with Gasteiger partial charge in [0.25, 0.3) is 0 Å². The largest absolute Gasteiger partial charge is 0.393 e. The number of rotatable bonds is 4. The van der Waals surface area contributed by atoms with E-state index in [2.05, 4.69) is 4.98 Å². The summed E-state index contributed by atoms with van der Waals surface area (Å²) in [6.45, 7) is 1.45. The number of halogens is 3. The van der Waals surface area contributed by atoms with Crippen molar-refractivity contribution in [3.05, 3.63) is 42.2 Å². The smallest absolute Gasteiger partial charge is 0.376 e. The minimum atomic E-state index is -4.20. The predicted octanol–water partition coefficient (Wildman–Crippen LogP) is 3.83. The minimum Gasteiger partial charge on any atom is -0.376 e. The molecule has 1 fully saturated rings. The lowest BCUT2D eigenvalue weighted by Crippen LogP contribution is -2.15. The van der Waals surface area contributed by atoms with Crippen molar-refractivity contribution in [2.75, 3.05) is 6.61 Å². The number of benzene rings is 1. The lowest BCUT2D eigenvalue weighted by atomic mass is 10.1. The average Bonchev–Trinajstić information content (AvgIpc) is 3.09. The molecule has 1 aromatic heterocycles. The molecule has 0 bridgehead atoms. The van der Waals surface area contributed by atoms with Gasteiger partial charge in [0.2, 0.25) is 0 Å². The molecule has 118 valence electrons. The monoisotopic (exact) mass is 310 g/mol. The van der Waals surface area contributed by atoms with E-state index < -0.39 is 12.6 Å². The highest BCUT2D eigenvalue weighted by atomic mass is 19.4. The highest BCUT2D eigenvalue weighted by Crippen LogP contribution is 2.25. The molecule has 0 radical (unpaired) electrons. The number of nitrogens with zero attached hydrogens (tertiary/aromatic N) is 2.